The second-order valence-corrected chi connectivity index (χ2v) is 11.4. The third-order valence-corrected chi connectivity index (χ3v) is 8.56. The Kier molecular flexibility index (Phi) is 12.1. The van der Waals surface area contributed by atoms with E-state index in [1.165, 1.54) is 69.8 Å². The minimum atomic E-state index is -3.42. The molecule has 178 valence electrons. The number of unbranched alkanes of at least 4 members (excludes halogenated alkanes) is 10. The number of piperazine rings is 1. The van der Waals surface area contributed by atoms with E-state index in [1.54, 1.807) is 16.4 Å². The molecule has 0 aromatic heterocycles. The fraction of sp³-hybridized carbons (Fsp3) is 0.769. The molecular weight excluding hydrogens is 404 g/mol. The van der Waals surface area contributed by atoms with Crippen LogP contribution in [-0.2, 0) is 10.0 Å². The Balaban J connectivity index is 1.74. The molecule has 1 aromatic rings. The van der Waals surface area contributed by atoms with Crippen molar-refractivity contribution in [1.82, 2.24) is 9.62 Å². The van der Waals surface area contributed by atoms with Gasteiger partial charge in [-0.1, -0.05) is 104 Å². The zero-order chi connectivity index (χ0) is 22.5. The molecule has 5 heteroatoms. The first-order valence-electron chi connectivity index (χ1n) is 12.8. The second kappa shape index (κ2) is 14.3. The number of nitrogens with one attached hydrogen (secondary N) is 1. The van der Waals surface area contributed by atoms with Crippen LogP contribution in [0.15, 0.2) is 29.2 Å². The van der Waals surface area contributed by atoms with Crippen LogP contribution in [-0.4, -0.2) is 38.4 Å². The van der Waals surface area contributed by atoms with Gasteiger partial charge in [0.2, 0.25) is 10.0 Å². The maximum absolute atomic E-state index is 13.3. The van der Waals surface area contributed by atoms with E-state index in [2.05, 4.69) is 26.1 Å². The third kappa shape index (κ3) is 8.86. The van der Waals surface area contributed by atoms with E-state index < -0.39 is 10.0 Å². The molecule has 1 aliphatic heterocycles. The topological polar surface area (TPSA) is 49.4 Å². The quantitative estimate of drug-likeness (QED) is 0.311. The highest BCUT2D eigenvalue weighted by atomic mass is 32.2. The molecule has 0 bridgehead atoms. The van der Waals surface area contributed by atoms with Crippen LogP contribution in [0.4, 0.5) is 0 Å². The maximum Gasteiger partial charge on any atom is 0.243 e. The minimum absolute atomic E-state index is 0.0714. The van der Waals surface area contributed by atoms with Crippen LogP contribution in [0.1, 0.15) is 109 Å². The Bertz CT molecular complexity index is 701. The van der Waals surface area contributed by atoms with Crippen molar-refractivity contribution in [2.24, 2.45) is 0 Å². The van der Waals surface area contributed by atoms with E-state index in [0.717, 1.165) is 25.9 Å². The monoisotopic (exact) mass is 450 g/mol. The number of rotatable bonds is 15. The number of hydrogen-bond donors (Lipinski definition) is 1. The number of hydrogen-bond acceptors (Lipinski definition) is 3. The lowest BCUT2D eigenvalue weighted by atomic mass is 10.0. The van der Waals surface area contributed by atoms with Crippen molar-refractivity contribution in [3.8, 4) is 0 Å². The van der Waals surface area contributed by atoms with Gasteiger partial charge in [0.25, 0.3) is 0 Å². The molecule has 1 aromatic carbocycles. The summed E-state index contributed by atoms with van der Waals surface area (Å²) in [6.45, 7) is 8.59. The van der Waals surface area contributed by atoms with Gasteiger partial charge in [-0.25, -0.2) is 8.42 Å². The van der Waals surface area contributed by atoms with Gasteiger partial charge in [0.05, 0.1) is 4.90 Å². The van der Waals surface area contributed by atoms with Crippen LogP contribution < -0.4 is 5.32 Å². The van der Waals surface area contributed by atoms with Crippen molar-refractivity contribution in [3.63, 3.8) is 0 Å². The maximum atomic E-state index is 13.3. The molecule has 4 nitrogen and oxygen atoms in total. The Labute approximate surface area is 192 Å². The molecule has 0 saturated carbocycles. The summed E-state index contributed by atoms with van der Waals surface area (Å²) in [5.74, 6) is 0.407. The number of nitrogens with zero attached hydrogens (tertiary/aromatic N) is 1. The molecule has 0 spiro atoms. The van der Waals surface area contributed by atoms with Crippen LogP contribution in [0.25, 0.3) is 0 Å². The Morgan fingerprint density at radius 3 is 2.00 bits per heavy atom. The van der Waals surface area contributed by atoms with E-state index in [1.807, 2.05) is 12.1 Å². The zero-order valence-electron chi connectivity index (χ0n) is 20.2. The summed E-state index contributed by atoms with van der Waals surface area (Å²) in [5, 5.41) is 3.40. The van der Waals surface area contributed by atoms with Gasteiger partial charge in [-0.05, 0) is 30.0 Å². The van der Waals surface area contributed by atoms with Gasteiger partial charge in [-0.2, -0.15) is 4.31 Å². The predicted octanol–water partition coefficient (Wildman–Crippen LogP) is 6.47. The average molecular weight is 451 g/mol. The van der Waals surface area contributed by atoms with E-state index >= 15 is 0 Å². The summed E-state index contributed by atoms with van der Waals surface area (Å²) < 4.78 is 28.3. The second-order valence-electron chi connectivity index (χ2n) is 9.52. The molecular formula is C26H46N2O2S. The number of benzene rings is 1. The molecule has 2 rings (SSSR count). The van der Waals surface area contributed by atoms with Gasteiger partial charge >= 0.3 is 0 Å². The van der Waals surface area contributed by atoms with Gasteiger partial charge in [-0.3, -0.25) is 0 Å². The van der Waals surface area contributed by atoms with Gasteiger partial charge < -0.3 is 5.32 Å². The molecule has 0 amide bonds. The molecule has 1 unspecified atom stereocenters. The SMILES string of the molecule is CCCCCCCCCCCCCC1CNCCN1S(=O)(=O)c1ccc(C(C)C)cc1. The molecule has 1 atom stereocenters. The molecule has 1 fully saturated rings. The lowest BCUT2D eigenvalue weighted by molar-refractivity contribution is 0.250. The number of sulfonamides is 1. The summed E-state index contributed by atoms with van der Waals surface area (Å²) in [5.41, 5.74) is 1.18. The highest BCUT2D eigenvalue weighted by Gasteiger charge is 2.33. The third-order valence-electron chi connectivity index (χ3n) is 6.59. The molecule has 1 saturated heterocycles. The van der Waals surface area contributed by atoms with Gasteiger partial charge in [0.15, 0.2) is 0 Å². The van der Waals surface area contributed by atoms with Crippen LogP contribution in [0.3, 0.4) is 0 Å². The largest absolute Gasteiger partial charge is 0.314 e. The molecule has 31 heavy (non-hydrogen) atoms. The summed E-state index contributed by atoms with van der Waals surface area (Å²) in [4.78, 5) is 0.433. The van der Waals surface area contributed by atoms with Crippen LogP contribution in [0, 0.1) is 0 Å². The summed E-state index contributed by atoms with van der Waals surface area (Å²) in [7, 11) is -3.42. The van der Waals surface area contributed by atoms with Crippen LogP contribution >= 0.6 is 0 Å². The van der Waals surface area contributed by atoms with E-state index in [9.17, 15) is 8.42 Å². The van der Waals surface area contributed by atoms with Crippen LogP contribution in [0.2, 0.25) is 0 Å². The van der Waals surface area contributed by atoms with Crippen molar-refractivity contribution < 1.29 is 8.42 Å². The Morgan fingerprint density at radius 2 is 1.45 bits per heavy atom. The molecule has 1 heterocycles. The van der Waals surface area contributed by atoms with Crippen molar-refractivity contribution >= 4 is 10.0 Å². The summed E-state index contributed by atoms with van der Waals surface area (Å²) >= 11 is 0. The standard InChI is InChI=1S/C26H46N2O2S/c1-4-5-6-7-8-9-10-11-12-13-14-15-25-22-27-20-21-28(25)31(29,30)26-18-16-24(17-19-26)23(2)3/h16-19,23,25,27H,4-15,20-22H2,1-3H3. The average Bonchev–Trinajstić information content (AvgIpc) is 2.77. The lowest BCUT2D eigenvalue weighted by Gasteiger charge is -2.35. The zero-order valence-corrected chi connectivity index (χ0v) is 21.1. The Hall–Kier alpha value is -0.910. The van der Waals surface area contributed by atoms with Crippen molar-refractivity contribution in [3.05, 3.63) is 29.8 Å². The molecule has 0 radical (unpaired) electrons. The smallest absolute Gasteiger partial charge is 0.243 e. The fourth-order valence-corrected chi connectivity index (χ4v) is 6.16. The van der Waals surface area contributed by atoms with Gasteiger partial charge in [-0.15, -0.1) is 0 Å². The highest BCUT2D eigenvalue weighted by Crippen LogP contribution is 2.24. The lowest BCUT2D eigenvalue weighted by Crippen LogP contribution is -2.53. The normalized spacial score (nSPS) is 18.0. The fourth-order valence-electron chi connectivity index (χ4n) is 4.51. The first-order valence-corrected chi connectivity index (χ1v) is 14.2. The predicted molar refractivity (Wildman–Crippen MR) is 132 cm³/mol. The van der Waals surface area contributed by atoms with Crippen molar-refractivity contribution in [1.29, 1.82) is 0 Å². The summed E-state index contributed by atoms with van der Waals surface area (Å²) in [6, 6.07) is 7.55. The minimum Gasteiger partial charge on any atom is -0.314 e. The molecule has 1 aliphatic rings. The first-order chi connectivity index (χ1) is 15.0. The van der Waals surface area contributed by atoms with Gasteiger partial charge in [0.1, 0.15) is 0 Å². The van der Waals surface area contributed by atoms with Crippen LogP contribution in [0.5, 0.6) is 0 Å². The van der Waals surface area contributed by atoms with Crippen molar-refractivity contribution in [2.75, 3.05) is 19.6 Å². The highest BCUT2D eigenvalue weighted by molar-refractivity contribution is 7.89. The Morgan fingerprint density at radius 1 is 0.903 bits per heavy atom. The first kappa shape index (κ1) is 26.3. The van der Waals surface area contributed by atoms with Gasteiger partial charge in [0, 0.05) is 25.7 Å². The van der Waals surface area contributed by atoms with Crippen molar-refractivity contribution in [2.45, 2.75) is 115 Å². The van der Waals surface area contributed by atoms with E-state index in [-0.39, 0.29) is 6.04 Å². The van der Waals surface area contributed by atoms with E-state index in [0.29, 0.717) is 17.4 Å². The molecule has 0 aliphatic carbocycles. The summed E-state index contributed by atoms with van der Waals surface area (Å²) in [6.07, 6.45) is 15.5. The molecule has 1 N–H and O–H groups in total. The van der Waals surface area contributed by atoms with E-state index in [4.69, 9.17) is 0 Å².